The lowest BCUT2D eigenvalue weighted by Crippen LogP contribution is -2.40. The molecule has 2 rings (SSSR count). The summed E-state index contributed by atoms with van der Waals surface area (Å²) in [6, 6.07) is 9.79. The third kappa shape index (κ3) is 5.78. The van der Waals surface area contributed by atoms with Gasteiger partial charge in [-0.25, -0.2) is 0 Å². The van der Waals surface area contributed by atoms with Crippen molar-refractivity contribution in [3.63, 3.8) is 0 Å². The van der Waals surface area contributed by atoms with Gasteiger partial charge in [-0.05, 0) is 36.2 Å². The minimum absolute atomic E-state index is 0.0519. The molecule has 0 amide bonds. The van der Waals surface area contributed by atoms with E-state index in [0.717, 1.165) is 11.1 Å². The molecule has 0 saturated carbocycles. The first-order valence-corrected chi connectivity index (χ1v) is 9.22. The smallest absolute Gasteiger partial charge is 0.320 e. The van der Waals surface area contributed by atoms with Crippen LogP contribution < -0.4 is 10.1 Å². The van der Waals surface area contributed by atoms with Crippen molar-refractivity contribution in [2.75, 3.05) is 0 Å². The SMILES string of the molecule is CC(C)C(NCc1cc(Cl)ccc1OCc1ccc(Cl)cc1Cl)C(=O)O. The molecule has 2 aromatic rings. The van der Waals surface area contributed by atoms with E-state index in [-0.39, 0.29) is 12.5 Å². The van der Waals surface area contributed by atoms with Crippen molar-refractivity contribution in [2.45, 2.75) is 33.0 Å². The summed E-state index contributed by atoms with van der Waals surface area (Å²) < 4.78 is 5.88. The van der Waals surface area contributed by atoms with Crippen LogP contribution in [0.25, 0.3) is 0 Å². The fraction of sp³-hybridized carbons (Fsp3) is 0.316. The zero-order valence-corrected chi connectivity index (χ0v) is 16.7. The molecule has 0 saturated heterocycles. The maximum atomic E-state index is 11.3. The highest BCUT2D eigenvalue weighted by Gasteiger charge is 2.21. The van der Waals surface area contributed by atoms with E-state index in [4.69, 9.17) is 39.5 Å². The molecule has 0 fully saturated rings. The highest BCUT2D eigenvalue weighted by molar-refractivity contribution is 6.35. The molecular formula is C19H20Cl3NO3. The molecule has 26 heavy (non-hydrogen) atoms. The van der Waals surface area contributed by atoms with Gasteiger partial charge in [-0.2, -0.15) is 0 Å². The first-order valence-electron chi connectivity index (χ1n) is 8.09. The Hall–Kier alpha value is -1.46. The lowest BCUT2D eigenvalue weighted by atomic mass is 10.0. The molecule has 7 heteroatoms. The second-order valence-corrected chi connectivity index (χ2v) is 7.50. The number of rotatable bonds is 8. The van der Waals surface area contributed by atoms with Gasteiger partial charge in [0, 0.05) is 32.7 Å². The molecule has 0 spiro atoms. The number of benzene rings is 2. The van der Waals surface area contributed by atoms with Crippen LogP contribution in [-0.4, -0.2) is 17.1 Å². The number of carboxylic acid groups (broad SMARTS) is 1. The third-order valence-corrected chi connectivity index (χ3v) is 4.69. The van der Waals surface area contributed by atoms with Crippen molar-refractivity contribution < 1.29 is 14.6 Å². The molecule has 0 heterocycles. The molecule has 0 aliphatic heterocycles. The van der Waals surface area contributed by atoms with E-state index in [2.05, 4.69) is 5.32 Å². The summed E-state index contributed by atoms with van der Waals surface area (Å²) in [5, 5.41) is 14.0. The van der Waals surface area contributed by atoms with E-state index in [1.807, 2.05) is 13.8 Å². The Kier molecular flexibility index (Phi) is 7.59. The fourth-order valence-corrected chi connectivity index (χ4v) is 3.11. The first kappa shape index (κ1) is 20.8. The predicted molar refractivity (Wildman–Crippen MR) is 105 cm³/mol. The molecule has 4 nitrogen and oxygen atoms in total. The first-order chi connectivity index (χ1) is 12.3. The van der Waals surface area contributed by atoms with Gasteiger partial charge in [0.2, 0.25) is 0 Å². The molecular weight excluding hydrogens is 397 g/mol. The Bertz CT molecular complexity index is 781. The molecule has 1 unspecified atom stereocenters. The van der Waals surface area contributed by atoms with Crippen LogP contribution in [0, 0.1) is 5.92 Å². The zero-order chi connectivity index (χ0) is 19.3. The van der Waals surface area contributed by atoms with E-state index >= 15 is 0 Å². The van der Waals surface area contributed by atoms with Crippen molar-refractivity contribution in [3.8, 4) is 5.75 Å². The van der Waals surface area contributed by atoms with Gasteiger partial charge in [0.05, 0.1) is 0 Å². The Morgan fingerprint density at radius 3 is 2.35 bits per heavy atom. The van der Waals surface area contributed by atoms with E-state index in [0.29, 0.717) is 27.4 Å². The van der Waals surface area contributed by atoms with Crippen LogP contribution in [0.4, 0.5) is 0 Å². The average molecular weight is 417 g/mol. The minimum atomic E-state index is -0.891. The van der Waals surface area contributed by atoms with Gasteiger partial charge < -0.3 is 9.84 Å². The van der Waals surface area contributed by atoms with Crippen molar-refractivity contribution >= 4 is 40.8 Å². The van der Waals surface area contributed by atoms with Gasteiger partial charge in [-0.1, -0.05) is 54.7 Å². The molecule has 0 aromatic heterocycles. The lowest BCUT2D eigenvalue weighted by molar-refractivity contribution is -0.140. The van der Waals surface area contributed by atoms with Gasteiger partial charge in [0.25, 0.3) is 0 Å². The average Bonchev–Trinajstić information content (AvgIpc) is 2.55. The van der Waals surface area contributed by atoms with Crippen LogP contribution in [-0.2, 0) is 17.9 Å². The number of ether oxygens (including phenoxy) is 1. The Morgan fingerprint density at radius 1 is 1.08 bits per heavy atom. The van der Waals surface area contributed by atoms with Crippen LogP contribution >= 0.6 is 34.8 Å². The topological polar surface area (TPSA) is 58.6 Å². The van der Waals surface area contributed by atoms with Crippen molar-refractivity contribution in [1.29, 1.82) is 0 Å². The number of carbonyl (C=O) groups is 1. The minimum Gasteiger partial charge on any atom is -0.489 e. The Morgan fingerprint density at radius 2 is 1.73 bits per heavy atom. The molecule has 0 radical (unpaired) electrons. The van der Waals surface area contributed by atoms with Crippen molar-refractivity contribution in [2.24, 2.45) is 5.92 Å². The maximum Gasteiger partial charge on any atom is 0.320 e. The fourth-order valence-electron chi connectivity index (χ4n) is 2.45. The predicted octanol–water partition coefficient (Wildman–Crippen LogP) is 5.42. The number of aliphatic carboxylic acids is 1. The quantitative estimate of drug-likeness (QED) is 0.603. The van der Waals surface area contributed by atoms with Crippen LogP contribution in [0.3, 0.4) is 0 Å². The monoisotopic (exact) mass is 415 g/mol. The van der Waals surface area contributed by atoms with E-state index < -0.39 is 12.0 Å². The Labute approximate surface area is 168 Å². The number of hydrogen-bond acceptors (Lipinski definition) is 3. The maximum absolute atomic E-state index is 11.3. The Balaban J connectivity index is 2.12. The molecule has 2 N–H and O–H groups in total. The van der Waals surface area contributed by atoms with Crippen LogP contribution in [0.5, 0.6) is 5.75 Å². The van der Waals surface area contributed by atoms with E-state index in [1.54, 1.807) is 36.4 Å². The summed E-state index contributed by atoms with van der Waals surface area (Å²) in [6.45, 7) is 4.28. The van der Waals surface area contributed by atoms with Gasteiger partial charge in [0.15, 0.2) is 0 Å². The summed E-state index contributed by atoms with van der Waals surface area (Å²) in [5.41, 5.74) is 1.57. The van der Waals surface area contributed by atoms with E-state index in [1.165, 1.54) is 0 Å². The molecule has 0 bridgehead atoms. The third-order valence-electron chi connectivity index (χ3n) is 3.87. The van der Waals surface area contributed by atoms with Gasteiger partial charge >= 0.3 is 5.97 Å². The molecule has 2 aromatic carbocycles. The summed E-state index contributed by atoms with van der Waals surface area (Å²) >= 11 is 18.2. The molecule has 140 valence electrons. The summed E-state index contributed by atoms with van der Waals surface area (Å²) in [7, 11) is 0. The zero-order valence-electron chi connectivity index (χ0n) is 14.4. The van der Waals surface area contributed by atoms with Crippen LogP contribution in [0.2, 0.25) is 15.1 Å². The summed E-state index contributed by atoms with van der Waals surface area (Å²) in [4.78, 5) is 11.3. The van der Waals surface area contributed by atoms with Gasteiger partial charge in [0.1, 0.15) is 18.4 Å². The van der Waals surface area contributed by atoms with Crippen LogP contribution in [0.15, 0.2) is 36.4 Å². The molecule has 0 aliphatic carbocycles. The van der Waals surface area contributed by atoms with Gasteiger partial charge in [-0.15, -0.1) is 0 Å². The second kappa shape index (κ2) is 9.47. The highest BCUT2D eigenvalue weighted by Crippen LogP contribution is 2.26. The second-order valence-electron chi connectivity index (χ2n) is 6.22. The highest BCUT2D eigenvalue weighted by atomic mass is 35.5. The lowest BCUT2D eigenvalue weighted by Gasteiger charge is -2.19. The molecule has 1 atom stereocenters. The number of halogens is 3. The standard InChI is InChI=1S/C19H20Cl3NO3/c1-11(2)18(19(24)25)23-9-13-7-14(20)5-6-17(13)26-10-12-3-4-15(21)8-16(12)22/h3-8,11,18,23H,9-10H2,1-2H3,(H,24,25). The number of carboxylic acids is 1. The number of hydrogen-bond donors (Lipinski definition) is 2. The normalized spacial score (nSPS) is 12.2. The number of nitrogens with one attached hydrogen (secondary N) is 1. The van der Waals surface area contributed by atoms with Crippen molar-refractivity contribution in [3.05, 3.63) is 62.6 Å². The summed E-state index contributed by atoms with van der Waals surface area (Å²) in [5.74, 6) is -0.331. The van der Waals surface area contributed by atoms with Crippen LogP contribution in [0.1, 0.15) is 25.0 Å². The largest absolute Gasteiger partial charge is 0.489 e. The summed E-state index contributed by atoms with van der Waals surface area (Å²) in [6.07, 6.45) is 0. The van der Waals surface area contributed by atoms with Gasteiger partial charge in [-0.3, -0.25) is 10.1 Å². The van der Waals surface area contributed by atoms with Crippen molar-refractivity contribution in [1.82, 2.24) is 5.32 Å². The molecule has 0 aliphatic rings. The van der Waals surface area contributed by atoms with E-state index in [9.17, 15) is 9.90 Å².